The molecule has 1 saturated heterocycles. The molecule has 7 heteroatoms. The predicted molar refractivity (Wildman–Crippen MR) is 85.0 cm³/mol. The van der Waals surface area contributed by atoms with Crippen molar-refractivity contribution < 1.29 is 22.8 Å². The molecule has 2 aromatic rings. The van der Waals surface area contributed by atoms with E-state index in [1.54, 1.807) is 0 Å². The summed E-state index contributed by atoms with van der Waals surface area (Å²) in [6.07, 6.45) is 1.23. The number of primary amides is 1. The first-order valence-electron chi connectivity index (χ1n) is 7.73. The van der Waals surface area contributed by atoms with Gasteiger partial charge in [-0.1, -0.05) is 12.1 Å². The lowest BCUT2D eigenvalue weighted by molar-refractivity contribution is -0.121. The van der Waals surface area contributed by atoms with Gasteiger partial charge in [-0.3, -0.25) is 9.59 Å². The molecule has 0 aromatic heterocycles. The maximum Gasteiger partial charge on any atom is 0.254 e. The van der Waals surface area contributed by atoms with Crippen LogP contribution in [0.4, 0.5) is 13.2 Å². The van der Waals surface area contributed by atoms with Crippen LogP contribution >= 0.6 is 0 Å². The van der Waals surface area contributed by atoms with Crippen LogP contribution in [-0.4, -0.2) is 29.3 Å². The van der Waals surface area contributed by atoms with Crippen LogP contribution < -0.4 is 5.73 Å². The zero-order chi connectivity index (χ0) is 18.1. The number of carbonyl (C=O) groups excluding carboxylic acids is 2. The van der Waals surface area contributed by atoms with Gasteiger partial charge in [0.15, 0.2) is 17.5 Å². The van der Waals surface area contributed by atoms with E-state index in [0.717, 1.165) is 12.1 Å². The largest absolute Gasteiger partial charge is 0.368 e. The number of likely N-dealkylation sites (tertiary alicyclic amines) is 1. The highest BCUT2D eigenvalue weighted by molar-refractivity contribution is 5.98. The van der Waals surface area contributed by atoms with E-state index in [-0.39, 0.29) is 11.5 Å². The van der Waals surface area contributed by atoms with Crippen LogP contribution in [0, 0.1) is 17.5 Å². The van der Waals surface area contributed by atoms with E-state index in [4.69, 9.17) is 5.73 Å². The van der Waals surface area contributed by atoms with Crippen LogP contribution in [0.3, 0.4) is 0 Å². The molecule has 0 aliphatic carbocycles. The normalized spacial score (nSPS) is 16.9. The van der Waals surface area contributed by atoms with Crippen molar-refractivity contribution in [3.63, 3.8) is 0 Å². The van der Waals surface area contributed by atoms with Gasteiger partial charge in [0.05, 0.1) is 0 Å². The van der Waals surface area contributed by atoms with Crippen molar-refractivity contribution >= 4 is 11.8 Å². The minimum Gasteiger partial charge on any atom is -0.368 e. The summed E-state index contributed by atoms with van der Waals surface area (Å²) in [4.78, 5) is 25.3. The molecule has 25 heavy (non-hydrogen) atoms. The zero-order valence-corrected chi connectivity index (χ0v) is 13.1. The average molecular weight is 348 g/mol. The van der Waals surface area contributed by atoms with Gasteiger partial charge in [-0.15, -0.1) is 0 Å². The van der Waals surface area contributed by atoms with Gasteiger partial charge in [-0.2, -0.15) is 0 Å². The number of nitrogens with zero attached hydrogens (tertiary/aromatic N) is 1. The summed E-state index contributed by atoms with van der Waals surface area (Å²) in [5.41, 5.74) is 6.23. The molecule has 1 fully saturated rings. The zero-order valence-electron chi connectivity index (χ0n) is 13.1. The van der Waals surface area contributed by atoms with Crippen LogP contribution in [0.25, 0.3) is 11.1 Å². The molecule has 1 aliphatic rings. The standard InChI is InChI=1S/C18H15F3N2O2/c19-13-8-12(9-14(20)16(13)21)10-3-5-11(6-4-10)18(25)23-7-1-2-15(23)17(22)24/h3-6,8-9,15H,1-2,7H2,(H2,22,24)/t15-/m0/s1. The van der Waals surface area contributed by atoms with E-state index >= 15 is 0 Å². The van der Waals surface area contributed by atoms with Gasteiger partial charge in [-0.25, -0.2) is 13.2 Å². The van der Waals surface area contributed by atoms with Crippen molar-refractivity contribution in [1.29, 1.82) is 0 Å². The number of halogens is 3. The van der Waals surface area contributed by atoms with E-state index in [9.17, 15) is 22.8 Å². The summed E-state index contributed by atoms with van der Waals surface area (Å²) in [6, 6.07) is 7.16. The summed E-state index contributed by atoms with van der Waals surface area (Å²) in [6.45, 7) is 0.447. The number of hydrogen-bond donors (Lipinski definition) is 1. The lowest BCUT2D eigenvalue weighted by Crippen LogP contribution is -2.43. The lowest BCUT2D eigenvalue weighted by atomic mass is 10.0. The summed E-state index contributed by atoms with van der Waals surface area (Å²) in [5, 5.41) is 0. The molecule has 2 aromatic carbocycles. The third-order valence-corrected chi connectivity index (χ3v) is 4.29. The fourth-order valence-electron chi connectivity index (χ4n) is 3.00. The van der Waals surface area contributed by atoms with Crippen molar-refractivity contribution in [2.24, 2.45) is 5.73 Å². The van der Waals surface area contributed by atoms with Gasteiger partial charge in [0, 0.05) is 12.1 Å². The van der Waals surface area contributed by atoms with E-state index in [1.807, 2.05) is 0 Å². The monoisotopic (exact) mass is 348 g/mol. The fraction of sp³-hybridized carbons (Fsp3) is 0.222. The molecule has 3 rings (SSSR count). The minimum atomic E-state index is -1.53. The maximum atomic E-state index is 13.3. The Bertz CT molecular complexity index is 814. The van der Waals surface area contributed by atoms with Crippen LogP contribution in [-0.2, 0) is 4.79 Å². The third kappa shape index (κ3) is 3.22. The molecule has 2 N–H and O–H groups in total. The van der Waals surface area contributed by atoms with Gasteiger partial charge in [0.2, 0.25) is 5.91 Å². The Morgan fingerprint density at radius 3 is 2.16 bits per heavy atom. The average Bonchev–Trinajstić information content (AvgIpc) is 3.08. The first-order chi connectivity index (χ1) is 11.9. The Hall–Kier alpha value is -2.83. The Morgan fingerprint density at radius 1 is 1.00 bits per heavy atom. The minimum absolute atomic E-state index is 0.159. The van der Waals surface area contributed by atoms with Crippen molar-refractivity contribution in [3.8, 4) is 11.1 Å². The molecule has 2 amide bonds. The third-order valence-electron chi connectivity index (χ3n) is 4.29. The van der Waals surface area contributed by atoms with E-state index in [0.29, 0.717) is 30.5 Å². The molecule has 0 radical (unpaired) electrons. The molecule has 1 aliphatic heterocycles. The van der Waals surface area contributed by atoms with Crippen LogP contribution in [0.2, 0.25) is 0 Å². The summed E-state index contributed by atoms with van der Waals surface area (Å²) in [5.74, 6) is -4.96. The Morgan fingerprint density at radius 2 is 1.60 bits per heavy atom. The van der Waals surface area contributed by atoms with Crippen LogP contribution in [0.1, 0.15) is 23.2 Å². The number of nitrogens with two attached hydrogens (primary N) is 1. The predicted octanol–water partition coefficient (Wildman–Crippen LogP) is 2.86. The topological polar surface area (TPSA) is 63.4 Å². The van der Waals surface area contributed by atoms with Crippen molar-refractivity contribution in [2.45, 2.75) is 18.9 Å². The number of rotatable bonds is 3. The molecule has 0 saturated carbocycles. The molecule has 4 nitrogen and oxygen atoms in total. The van der Waals surface area contributed by atoms with Crippen LogP contribution in [0.15, 0.2) is 36.4 Å². The highest BCUT2D eigenvalue weighted by atomic mass is 19.2. The molecule has 0 spiro atoms. The van der Waals surface area contributed by atoms with Gasteiger partial charge in [0.25, 0.3) is 5.91 Å². The first-order valence-corrected chi connectivity index (χ1v) is 7.73. The molecule has 0 unspecified atom stereocenters. The van der Waals surface area contributed by atoms with Gasteiger partial charge in [-0.05, 0) is 48.2 Å². The summed E-state index contributed by atoms with van der Waals surface area (Å²) in [7, 11) is 0. The smallest absolute Gasteiger partial charge is 0.254 e. The lowest BCUT2D eigenvalue weighted by Gasteiger charge is -2.22. The second-order valence-corrected chi connectivity index (χ2v) is 5.89. The van der Waals surface area contributed by atoms with E-state index in [2.05, 4.69) is 0 Å². The molecular weight excluding hydrogens is 333 g/mol. The number of hydrogen-bond acceptors (Lipinski definition) is 2. The molecule has 1 atom stereocenters. The van der Waals surface area contributed by atoms with Crippen molar-refractivity contribution in [3.05, 3.63) is 59.4 Å². The van der Waals surface area contributed by atoms with Crippen molar-refractivity contribution in [2.75, 3.05) is 6.54 Å². The van der Waals surface area contributed by atoms with Gasteiger partial charge in [0.1, 0.15) is 6.04 Å². The molecule has 1 heterocycles. The number of benzene rings is 2. The maximum absolute atomic E-state index is 13.3. The quantitative estimate of drug-likeness (QED) is 0.867. The Labute approximate surface area is 142 Å². The van der Waals surface area contributed by atoms with Gasteiger partial charge >= 0.3 is 0 Å². The summed E-state index contributed by atoms with van der Waals surface area (Å²) >= 11 is 0. The molecular formula is C18H15F3N2O2. The van der Waals surface area contributed by atoms with E-state index in [1.165, 1.54) is 29.2 Å². The fourth-order valence-corrected chi connectivity index (χ4v) is 3.00. The number of carbonyl (C=O) groups is 2. The van der Waals surface area contributed by atoms with E-state index < -0.39 is 29.4 Å². The molecule has 130 valence electrons. The first kappa shape index (κ1) is 17.0. The second kappa shape index (κ2) is 6.58. The Kier molecular flexibility index (Phi) is 4.48. The number of amides is 2. The summed E-state index contributed by atoms with van der Waals surface area (Å²) < 4.78 is 39.7. The van der Waals surface area contributed by atoms with Gasteiger partial charge < -0.3 is 10.6 Å². The highest BCUT2D eigenvalue weighted by Gasteiger charge is 2.33. The second-order valence-electron chi connectivity index (χ2n) is 5.89. The Balaban J connectivity index is 1.85. The SMILES string of the molecule is NC(=O)[C@@H]1CCCN1C(=O)c1ccc(-c2cc(F)c(F)c(F)c2)cc1. The highest BCUT2D eigenvalue weighted by Crippen LogP contribution is 2.25. The van der Waals surface area contributed by atoms with Crippen LogP contribution in [0.5, 0.6) is 0 Å². The van der Waals surface area contributed by atoms with Crippen molar-refractivity contribution in [1.82, 2.24) is 4.90 Å². The molecule has 0 bridgehead atoms.